The molecule has 0 aliphatic heterocycles. The first-order valence-electron chi connectivity index (χ1n) is 3.48. The topological polar surface area (TPSA) is 3.24 Å². The molecule has 0 spiro atoms. The van der Waals surface area contributed by atoms with Gasteiger partial charge in [0.2, 0.25) is 0 Å². The molecule has 0 saturated heterocycles. The third-order valence-electron chi connectivity index (χ3n) is 1.78. The van der Waals surface area contributed by atoms with E-state index in [1.807, 2.05) is 0 Å². The largest absolute Gasteiger partial charge is 0.303 e. The summed E-state index contributed by atoms with van der Waals surface area (Å²) in [5.41, 5.74) is 0. The summed E-state index contributed by atoms with van der Waals surface area (Å²) in [4.78, 5) is 2.40. The fourth-order valence-corrected chi connectivity index (χ4v) is 1.43. The van der Waals surface area contributed by atoms with Crippen LogP contribution in [0.5, 0.6) is 0 Å². The summed E-state index contributed by atoms with van der Waals surface area (Å²) < 4.78 is 1.23. The van der Waals surface area contributed by atoms with Gasteiger partial charge in [0, 0.05) is 17.0 Å². The molecule has 0 aliphatic rings. The molecule has 0 fully saturated rings. The van der Waals surface area contributed by atoms with E-state index in [4.69, 9.17) is 0 Å². The summed E-state index contributed by atoms with van der Waals surface area (Å²) in [6.07, 6.45) is 1.26. The lowest BCUT2D eigenvalue weighted by Crippen LogP contribution is -2.29. The van der Waals surface area contributed by atoms with Crippen LogP contribution in [-0.2, 0) is 0 Å². The van der Waals surface area contributed by atoms with E-state index in [0.717, 1.165) is 6.04 Å². The summed E-state index contributed by atoms with van der Waals surface area (Å²) >= 11 is 2.41. The zero-order chi connectivity index (χ0) is 7.28. The lowest BCUT2D eigenvalue weighted by molar-refractivity contribution is 0.269. The van der Waals surface area contributed by atoms with E-state index in [0.29, 0.717) is 0 Å². The standard InChI is InChI=1S/C7H16IN/c1-4-7(2)9(3)6-5-8/h7H,4-6H2,1-3H3. The van der Waals surface area contributed by atoms with Gasteiger partial charge in [-0.3, -0.25) is 0 Å². The summed E-state index contributed by atoms with van der Waals surface area (Å²) in [6, 6.07) is 0.750. The Morgan fingerprint density at radius 1 is 1.56 bits per heavy atom. The highest BCUT2D eigenvalue weighted by molar-refractivity contribution is 14.1. The van der Waals surface area contributed by atoms with Gasteiger partial charge in [0.25, 0.3) is 0 Å². The molecule has 0 N–H and O–H groups in total. The van der Waals surface area contributed by atoms with Gasteiger partial charge in [-0.1, -0.05) is 29.5 Å². The van der Waals surface area contributed by atoms with Crippen molar-refractivity contribution in [3.8, 4) is 0 Å². The maximum atomic E-state index is 2.41. The maximum Gasteiger partial charge on any atom is 0.0123 e. The molecule has 0 heterocycles. The minimum absolute atomic E-state index is 0.750. The lowest BCUT2D eigenvalue weighted by Gasteiger charge is -2.21. The number of rotatable bonds is 4. The summed E-state index contributed by atoms with van der Waals surface area (Å²) in [5, 5.41) is 0. The van der Waals surface area contributed by atoms with Crippen molar-refractivity contribution in [3.63, 3.8) is 0 Å². The molecule has 0 aliphatic carbocycles. The lowest BCUT2D eigenvalue weighted by atomic mass is 10.2. The van der Waals surface area contributed by atoms with Crippen molar-refractivity contribution in [1.82, 2.24) is 4.90 Å². The van der Waals surface area contributed by atoms with Crippen molar-refractivity contribution in [2.75, 3.05) is 18.0 Å². The maximum absolute atomic E-state index is 2.41. The molecule has 0 aromatic heterocycles. The van der Waals surface area contributed by atoms with Gasteiger partial charge in [-0.2, -0.15) is 0 Å². The smallest absolute Gasteiger partial charge is 0.0123 e. The second-order valence-electron chi connectivity index (χ2n) is 2.43. The number of hydrogen-bond donors (Lipinski definition) is 0. The molecule has 9 heavy (non-hydrogen) atoms. The highest BCUT2D eigenvalue weighted by atomic mass is 127. The summed E-state index contributed by atoms with van der Waals surface area (Å²) in [7, 11) is 2.19. The fourth-order valence-electron chi connectivity index (χ4n) is 0.665. The van der Waals surface area contributed by atoms with Crippen LogP contribution in [0.15, 0.2) is 0 Å². The molecule has 0 bridgehead atoms. The van der Waals surface area contributed by atoms with Gasteiger partial charge in [-0.25, -0.2) is 0 Å². The SMILES string of the molecule is CCC(C)N(C)CCI. The van der Waals surface area contributed by atoms with Crippen LogP contribution in [0.25, 0.3) is 0 Å². The normalized spacial score (nSPS) is 14.3. The molecule has 0 amide bonds. The molecule has 56 valence electrons. The molecular weight excluding hydrogens is 225 g/mol. The third kappa shape index (κ3) is 4.14. The van der Waals surface area contributed by atoms with Crippen LogP contribution < -0.4 is 0 Å². The predicted molar refractivity (Wildman–Crippen MR) is 51.3 cm³/mol. The monoisotopic (exact) mass is 241 g/mol. The highest BCUT2D eigenvalue weighted by Crippen LogP contribution is 1.99. The van der Waals surface area contributed by atoms with Crippen LogP contribution in [0.4, 0.5) is 0 Å². The van der Waals surface area contributed by atoms with Crippen LogP contribution in [0.1, 0.15) is 20.3 Å². The summed E-state index contributed by atoms with van der Waals surface area (Å²) in [6.45, 7) is 5.72. The molecular formula is C7H16IN. The third-order valence-corrected chi connectivity index (χ3v) is 2.26. The first-order chi connectivity index (χ1) is 4.22. The van der Waals surface area contributed by atoms with Crippen LogP contribution in [-0.4, -0.2) is 29.0 Å². The van der Waals surface area contributed by atoms with E-state index in [1.54, 1.807) is 0 Å². The molecule has 0 radical (unpaired) electrons. The van der Waals surface area contributed by atoms with E-state index < -0.39 is 0 Å². The van der Waals surface area contributed by atoms with Gasteiger partial charge in [-0.15, -0.1) is 0 Å². The molecule has 0 aromatic carbocycles. The van der Waals surface area contributed by atoms with E-state index >= 15 is 0 Å². The molecule has 1 unspecified atom stereocenters. The summed E-state index contributed by atoms with van der Waals surface area (Å²) in [5.74, 6) is 0. The fraction of sp³-hybridized carbons (Fsp3) is 1.00. The van der Waals surface area contributed by atoms with Gasteiger partial charge in [0.1, 0.15) is 0 Å². The predicted octanol–water partition coefficient (Wildman–Crippen LogP) is 2.15. The van der Waals surface area contributed by atoms with Crippen molar-refractivity contribution in [2.45, 2.75) is 26.3 Å². The van der Waals surface area contributed by atoms with E-state index in [-0.39, 0.29) is 0 Å². The molecule has 2 heteroatoms. The number of halogens is 1. The minimum Gasteiger partial charge on any atom is -0.303 e. The minimum atomic E-state index is 0.750. The van der Waals surface area contributed by atoms with E-state index in [9.17, 15) is 0 Å². The Kier molecular flexibility index (Phi) is 5.89. The first kappa shape index (κ1) is 9.69. The van der Waals surface area contributed by atoms with Crippen molar-refractivity contribution >= 4 is 22.6 Å². The van der Waals surface area contributed by atoms with Crippen LogP contribution in [0.3, 0.4) is 0 Å². The molecule has 0 saturated carbocycles. The Morgan fingerprint density at radius 2 is 2.11 bits per heavy atom. The van der Waals surface area contributed by atoms with Crippen LogP contribution >= 0.6 is 22.6 Å². The van der Waals surface area contributed by atoms with Gasteiger partial charge in [0.05, 0.1) is 0 Å². The second kappa shape index (κ2) is 5.47. The average molecular weight is 241 g/mol. The molecule has 1 nitrogen and oxygen atoms in total. The zero-order valence-electron chi connectivity index (χ0n) is 6.52. The van der Waals surface area contributed by atoms with Gasteiger partial charge < -0.3 is 4.90 Å². The Labute approximate surface area is 72.0 Å². The van der Waals surface area contributed by atoms with Gasteiger partial charge >= 0.3 is 0 Å². The number of alkyl halides is 1. The molecule has 0 rings (SSSR count). The van der Waals surface area contributed by atoms with Crippen molar-refractivity contribution in [1.29, 1.82) is 0 Å². The van der Waals surface area contributed by atoms with Gasteiger partial charge in [-0.05, 0) is 20.4 Å². The number of hydrogen-bond acceptors (Lipinski definition) is 1. The van der Waals surface area contributed by atoms with Crippen molar-refractivity contribution < 1.29 is 0 Å². The average Bonchev–Trinajstić information content (AvgIpc) is 1.87. The first-order valence-corrected chi connectivity index (χ1v) is 5.01. The van der Waals surface area contributed by atoms with Crippen molar-refractivity contribution in [3.05, 3.63) is 0 Å². The highest BCUT2D eigenvalue weighted by Gasteiger charge is 2.03. The van der Waals surface area contributed by atoms with E-state index in [2.05, 4.69) is 48.4 Å². The van der Waals surface area contributed by atoms with Crippen molar-refractivity contribution in [2.24, 2.45) is 0 Å². The number of nitrogens with zero attached hydrogens (tertiary/aromatic N) is 1. The molecule has 1 atom stereocenters. The zero-order valence-corrected chi connectivity index (χ0v) is 8.68. The van der Waals surface area contributed by atoms with Crippen LogP contribution in [0, 0.1) is 0 Å². The quantitative estimate of drug-likeness (QED) is 0.538. The van der Waals surface area contributed by atoms with E-state index in [1.165, 1.54) is 17.4 Å². The Balaban J connectivity index is 3.32. The van der Waals surface area contributed by atoms with Gasteiger partial charge in [0.15, 0.2) is 0 Å². The second-order valence-corrected chi connectivity index (χ2v) is 3.51. The Morgan fingerprint density at radius 3 is 2.44 bits per heavy atom. The Bertz CT molecular complexity index is 65.9. The Hall–Kier alpha value is 0.690. The van der Waals surface area contributed by atoms with Crippen LogP contribution in [0.2, 0.25) is 0 Å². The molecule has 0 aromatic rings.